The van der Waals surface area contributed by atoms with Crippen molar-refractivity contribution in [1.29, 1.82) is 0 Å². The van der Waals surface area contributed by atoms with Crippen molar-refractivity contribution in [2.24, 2.45) is 0 Å². The topological polar surface area (TPSA) is 98.8 Å². The second-order valence-electron chi connectivity index (χ2n) is 7.29. The largest absolute Gasteiger partial charge is 0.355 e. The first-order chi connectivity index (χ1) is 13.8. The molecule has 0 radical (unpaired) electrons. The predicted octanol–water partition coefficient (Wildman–Crippen LogP) is 0.759. The van der Waals surface area contributed by atoms with Gasteiger partial charge in [0, 0.05) is 32.7 Å². The average molecular weight is 425 g/mol. The Hall–Kier alpha value is -1.97. The Balaban J connectivity index is 1.86. The van der Waals surface area contributed by atoms with E-state index in [1.807, 2.05) is 24.0 Å². The number of carbonyl (C=O) groups excluding carboxylic acids is 2. The molecule has 1 aliphatic heterocycles. The molecule has 0 aromatic heterocycles. The first kappa shape index (κ1) is 23.3. The smallest absolute Gasteiger partial charge is 0.243 e. The summed E-state index contributed by atoms with van der Waals surface area (Å²) in [4.78, 5) is 25.6. The molecule has 1 aromatic rings. The van der Waals surface area contributed by atoms with Gasteiger partial charge in [-0.05, 0) is 37.0 Å². The SMILES string of the molecule is CCNC(=O)CNC(=O)CN1CCN(S(=O)(=O)c2ccc([C@H](C)CC)cc2)CC1. The lowest BCUT2D eigenvalue weighted by Gasteiger charge is -2.33. The number of carbonyl (C=O) groups is 2. The first-order valence-corrected chi connectivity index (χ1v) is 11.6. The Morgan fingerprint density at radius 3 is 2.17 bits per heavy atom. The second-order valence-corrected chi connectivity index (χ2v) is 9.23. The number of hydrogen-bond donors (Lipinski definition) is 2. The summed E-state index contributed by atoms with van der Waals surface area (Å²) in [5.41, 5.74) is 1.13. The molecular weight excluding hydrogens is 392 g/mol. The van der Waals surface area contributed by atoms with E-state index in [-0.39, 0.29) is 24.9 Å². The molecule has 1 heterocycles. The molecule has 0 unspecified atom stereocenters. The van der Waals surface area contributed by atoms with Crippen LogP contribution >= 0.6 is 0 Å². The molecule has 29 heavy (non-hydrogen) atoms. The van der Waals surface area contributed by atoms with Crippen molar-refractivity contribution in [2.45, 2.75) is 38.0 Å². The van der Waals surface area contributed by atoms with E-state index in [2.05, 4.69) is 24.5 Å². The fraction of sp³-hybridized carbons (Fsp3) is 0.600. The number of likely N-dealkylation sites (N-methyl/N-ethyl adjacent to an activating group) is 1. The molecule has 2 N–H and O–H groups in total. The third kappa shape index (κ3) is 6.52. The lowest BCUT2D eigenvalue weighted by molar-refractivity contribution is -0.126. The minimum absolute atomic E-state index is 0.0480. The van der Waals surface area contributed by atoms with Crippen molar-refractivity contribution in [3.8, 4) is 0 Å². The fourth-order valence-corrected chi connectivity index (χ4v) is 4.60. The van der Waals surface area contributed by atoms with Crippen LogP contribution in [0.25, 0.3) is 0 Å². The molecule has 2 rings (SSSR count). The van der Waals surface area contributed by atoms with Gasteiger partial charge in [0.25, 0.3) is 0 Å². The van der Waals surface area contributed by atoms with Gasteiger partial charge in [-0.15, -0.1) is 0 Å². The van der Waals surface area contributed by atoms with Crippen LogP contribution in [0.5, 0.6) is 0 Å². The van der Waals surface area contributed by atoms with Crippen molar-refractivity contribution in [2.75, 3.05) is 45.8 Å². The van der Waals surface area contributed by atoms with E-state index in [9.17, 15) is 18.0 Å². The number of sulfonamides is 1. The van der Waals surface area contributed by atoms with Crippen LogP contribution in [0.1, 0.15) is 38.7 Å². The van der Waals surface area contributed by atoms with Crippen LogP contribution in [-0.2, 0) is 19.6 Å². The summed E-state index contributed by atoms with van der Waals surface area (Å²) in [6, 6.07) is 7.13. The normalized spacial score (nSPS) is 16.9. The minimum atomic E-state index is -3.54. The molecule has 0 aliphatic carbocycles. The second kappa shape index (κ2) is 10.7. The molecule has 8 nitrogen and oxygen atoms in total. The van der Waals surface area contributed by atoms with E-state index in [0.29, 0.717) is 43.5 Å². The summed E-state index contributed by atoms with van der Waals surface area (Å²) in [6.45, 7) is 8.27. The van der Waals surface area contributed by atoms with Crippen LogP contribution < -0.4 is 10.6 Å². The average Bonchev–Trinajstić information content (AvgIpc) is 2.72. The Bertz CT molecular complexity index is 787. The molecule has 1 atom stereocenters. The maximum absolute atomic E-state index is 12.9. The molecule has 1 saturated heterocycles. The number of rotatable bonds is 9. The quantitative estimate of drug-likeness (QED) is 0.610. The fourth-order valence-electron chi connectivity index (χ4n) is 3.18. The van der Waals surface area contributed by atoms with Crippen molar-refractivity contribution in [1.82, 2.24) is 19.8 Å². The van der Waals surface area contributed by atoms with Crippen molar-refractivity contribution >= 4 is 21.8 Å². The summed E-state index contributed by atoms with van der Waals surface area (Å²) in [5.74, 6) is -0.0706. The molecule has 0 bridgehead atoms. The molecular formula is C20H32N4O4S. The Morgan fingerprint density at radius 1 is 1.00 bits per heavy atom. The van der Waals surface area contributed by atoms with Gasteiger partial charge in [-0.2, -0.15) is 4.31 Å². The molecule has 162 valence electrons. The molecule has 9 heteroatoms. The molecule has 1 aliphatic rings. The monoisotopic (exact) mass is 424 g/mol. The van der Waals surface area contributed by atoms with Crippen LogP contribution in [-0.4, -0.2) is 75.3 Å². The molecule has 2 amide bonds. The van der Waals surface area contributed by atoms with E-state index < -0.39 is 10.0 Å². The summed E-state index contributed by atoms with van der Waals surface area (Å²) in [6.07, 6.45) is 1.00. The zero-order chi connectivity index (χ0) is 21.4. The number of hydrogen-bond acceptors (Lipinski definition) is 5. The standard InChI is InChI=1S/C20H32N4O4S/c1-4-16(3)17-6-8-18(9-7-17)29(27,28)24-12-10-23(11-13-24)15-20(26)22-14-19(25)21-5-2/h6-9,16H,4-5,10-15H2,1-3H3,(H,21,25)(H,22,26)/t16-/m1/s1. The van der Waals surface area contributed by atoms with Crippen molar-refractivity contribution in [3.63, 3.8) is 0 Å². The first-order valence-electron chi connectivity index (χ1n) is 10.1. The Labute approximate surface area is 173 Å². The third-order valence-electron chi connectivity index (χ3n) is 5.22. The van der Waals surface area contributed by atoms with Gasteiger partial charge in [0.2, 0.25) is 21.8 Å². The summed E-state index contributed by atoms with van der Waals surface area (Å²) >= 11 is 0. The Kier molecular flexibility index (Phi) is 8.60. The maximum Gasteiger partial charge on any atom is 0.243 e. The maximum atomic E-state index is 12.9. The summed E-state index contributed by atoms with van der Waals surface area (Å²) < 4.78 is 27.2. The number of nitrogens with one attached hydrogen (secondary N) is 2. The van der Waals surface area contributed by atoms with Gasteiger partial charge in [-0.25, -0.2) is 8.42 Å². The van der Waals surface area contributed by atoms with Crippen molar-refractivity contribution < 1.29 is 18.0 Å². The number of nitrogens with zero attached hydrogens (tertiary/aromatic N) is 2. The minimum Gasteiger partial charge on any atom is -0.355 e. The zero-order valence-corrected chi connectivity index (χ0v) is 18.3. The van der Waals surface area contributed by atoms with E-state index in [4.69, 9.17) is 0 Å². The highest BCUT2D eigenvalue weighted by Crippen LogP contribution is 2.23. The predicted molar refractivity (Wildman–Crippen MR) is 112 cm³/mol. The molecule has 1 aromatic carbocycles. The highest BCUT2D eigenvalue weighted by atomic mass is 32.2. The number of amides is 2. The lowest BCUT2D eigenvalue weighted by Crippen LogP contribution is -2.51. The van der Waals surface area contributed by atoms with Crippen LogP contribution in [0.3, 0.4) is 0 Å². The highest BCUT2D eigenvalue weighted by molar-refractivity contribution is 7.89. The van der Waals surface area contributed by atoms with Gasteiger partial charge < -0.3 is 10.6 Å². The number of benzene rings is 1. The summed E-state index contributed by atoms with van der Waals surface area (Å²) in [7, 11) is -3.54. The van der Waals surface area contributed by atoms with Crippen LogP contribution in [0.15, 0.2) is 29.2 Å². The van der Waals surface area contributed by atoms with E-state index >= 15 is 0 Å². The van der Waals surface area contributed by atoms with Crippen LogP contribution in [0.2, 0.25) is 0 Å². The highest BCUT2D eigenvalue weighted by Gasteiger charge is 2.29. The van der Waals surface area contributed by atoms with Gasteiger partial charge >= 0.3 is 0 Å². The van der Waals surface area contributed by atoms with Gasteiger partial charge in [-0.1, -0.05) is 26.0 Å². The van der Waals surface area contributed by atoms with Gasteiger partial charge in [0.1, 0.15) is 0 Å². The molecule has 0 saturated carbocycles. The third-order valence-corrected chi connectivity index (χ3v) is 7.13. The van der Waals surface area contributed by atoms with Gasteiger partial charge in [-0.3, -0.25) is 14.5 Å². The summed E-state index contributed by atoms with van der Waals surface area (Å²) in [5, 5.41) is 5.19. The van der Waals surface area contributed by atoms with Gasteiger partial charge in [0.05, 0.1) is 18.0 Å². The van der Waals surface area contributed by atoms with Crippen molar-refractivity contribution in [3.05, 3.63) is 29.8 Å². The molecule has 0 spiro atoms. The van der Waals surface area contributed by atoms with Crippen LogP contribution in [0.4, 0.5) is 0 Å². The van der Waals surface area contributed by atoms with Gasteiger partial charge in [0.15, 0.2) is 0 Å². The molecule has 1 fully saturated rings. The van der Waals surface area contributed by atoms with E-state index in [1.165, 1.54) is 4.31 Å². The van der Waals surface area contributed by atoms with E-state index in [0.717, 1.165) is 12.0 Å². The van der Waals surface area contributed by atoms with E-state index in [1.54, 1.807) is 12.1 Å². The van der Waals surface area contributed by atoms with Crippen LogP contribution in [0, 0.1) is 0 Å². The lowest BCUT2D eigenvalue weighted by atomic mass is 9.99. The zero-order valence-electron chi connectivity index (χ0n) is 17.5. The number of piperazine rings is 1. The Morgan fingerprint density at radius 2 is 1.62 bits per heavy atom.